The zero-order valence-electron chi connectivity index (χ0n) is 16.5. The van der Waals surface area contributed by atoms with Crippen LogP contribution < -0.4 is 21.9 Å². The molecule has 0 unspecified atom stereocenters. The molecule has 3 N–H and O–H groups in total. The molecule has 8 nitrogen and oxygen atoms in total. The lowest BCUT2D eigenvalue weighted by atomic mass is 10.1. The Kier molecular flexibility index (Phi) is 6.01. The maximum absolute atomic E-state index is 13.3. The molecule has 2 heterocycles. The summed E-state index contributed by atoms with van der Waals surface area (Å²) in [5.74, 6) is -0.430. The molecule has 0 saturated carbocycles. The van der Waals surface area contributed by atoms with Gasteiger partial charge in [0.15, 0.2) is 11.4 Å². The molecule has 0 aliphatic carbocycles. The van der Waals surface area contributed by atoms with Crippen LogP contribution in [0.2, 0.25) is 0 Å². The Balaban J connectivity index is 2.16. The zero-order valence-corrected chi connectivity index (χ0v) is 16.5. The number of aromatic nitrogens is 2. The number of carbonyl (C=O) groups is 1. The minimum absolute atomic E-state index is 0.0410. The second kappa shape index (κ2) is 8.64. The van der Waals surface area contributed by atoms with E-state index in [9.17, 15) is 14.4 Å². The van der Waals surface area contributed by atoms with Crippen LogP contribution in [0.4, 0.5) is 11.5 Å². The number of nitrogens with zero attached hydrogens (tertiary/aromatic N) is 2. The van der Waals surface area contributed by atoms with Gasteiger partial charge in [0.05, 0.1) is 12.8 Å². The van der Waals surface area contributed by atoms with E-state index in [0.29, 0.717) is 18.5 Å². The van der Waals surface area contributed by atoms with E-state index >= 15 is 0 Å². The minimum Gasteiger partial charge on any atom is -0.459 e. The first-order chi connectivity index (χ1) is 13.9. The molecule has 152 valence electrons. The van der Waals surface area contributed by atoms with Crippen LogP contribution in [-0.4, -0.2) is 15.5 Å². The predicted octanol–water partition coefficient (Wildman–Crippen LogP) is 2.67. The lowest BCUT2D eigenvalue weighted by molar-refractivity contribution is 0.0957. The topological polar surface area (TPSA) is 114 Å². The molecule has 0 fully saturated rings. The summed E-state index contributed by atoms with van der Waals surface area (Å²) in [6.07, 6.45) is 2.97. The van der Waals surface area contributed by atoms with E-state index in [-0.39, 0.29) is 23.8 Å². The van der Waals surface area contributed by atoms with Gasteiger partial charge >= 0.3 is 5.69 Å². The second-order valence-corrected chi connectivity index (χ2v) is 6.81. The third-order valence-corrected chi connectivity index (χ3v) is 4.70. The molecule has 0 atom stereocenters. The number of aryl methyl sites for hydroxylation is 1. The fraction of sp³-hybridized carbons (Fsp3) is 0.286. The Morgan fingerprint density at radius 1 is 1.21 bits per heavy atom. The van der Waals surface area contributed by atoms with Gasteiger partial charge in [0.25, 0.3) is 11.5 Å². The maximum Gasteiger partial charge on any atom is 0.330 e. The highest BCUT2D eigenvalue weighted by molar-refractivity contribution is 6.06. The van der Waals surface area contributed by atoms with Gasteiger partial charge in [0.2, 0.25) is 0 Å². The van der Waals surface area contributed by atoms with Gasteiger partial charge in [-0.05, 0) is 25.0 Å². The maximum atomic E-state index is 13.3. The smallest absolute Gasteiger partial charge is 0.330 e. The van der Waals surface area contributed by atoms with Crippen molar-refractivity contribution in [2.24, 2.45) is 0 Å². The summed E-state index contributed by atoms with van der Waals surface area (Å²) < 4.78 is 6.64. The van der Waals surface area contributed by atoms with Gasteiger partial charge in [-0.2, -0.15) is 0 Å². The van der Waals surface area contributed by atoms with Crippen LogP contribution in [0, 0.1) is 6.92 Å². The molecule has 0 aliphatic heterocycles. The third-order valence-electron chi connectivity index (χ3n) is 4.70. The van der Waals surface area contributed by atoms with Crippen molar-refractivity contribution in [1.82, 2.24) is 9.55 Å². The van der Waals surface area contributed by atoms with Gasteiger partial charge in [-0.1, -0.05) is 43.7 Å². The number of amides is 1. The first-order valence-electron chi connectivity index (χ1n) is 9.46. The molecule has 0 saturated heterocycles. The van der Waals surface area contributed by atoms with E-state index in [2.05, 4.69) is 4.98 Å². The van der Waals surface area contributed by atoms with Crippen molar-refractivity contribution in [3.05, 3.63) is 80.4 Å². The Morgan fingerprint density at radius 2 is 1.93 bits per heavy atom. The first kappa shape index (κ1) is 20.2. The highest BCUT2D eigenvalue weighted by Gasteiger charge is 2.28. The van der Waals surface area contributed by atoms with Crippen molar-refractivity contribution >= 4 is 17.4 Å². The fourth-order valence-electron chi connectivity index (χ4n) is 3.11. The number of unbranched alkanes of at least 4 members (excludes halogenated alkanes) is 1. The van der Waals surface area contributed by atoms with E-state index < -0.39 is 17.2 Å². The molecule has 0 aliphatic rings. The van der Waals surface area contributed by atoms with Crippen LogP contribution in [-0.2, 0) is 13.1 Å². The van der Waals surface area contributed by atoms with Crippen LogP contribution in [0.15, 0.2) is 56.7 Å². The molecule has 2 aromatic heterocycles. The molecular formula is C21H24N4O4. The normalized spacial score (nSPS) is 10.8. The summed E-state index contributed by atoms with van der Waals surface area (Å²) in [4.78, 5) is 41.8. The van der Waals surface area contributed by atoms with E-state index in [0.717, 1.165) is 12.0 Å². The van der Waals surface area contributed by atoms with Crippen molar-refractivity contribution in [2.45, 2.75) is 39.8 Å². The zero-order chi connectivity index (χ0) is 21.0. The lowest BCUT2D eigenvalue weighted by Gasteiger charge is -2.24. The Morgan fingerprint density at radius 3 is 2.55 bits per heavy atom. The van der Waals surface area contributed by atoms with E-state index in [4.69, 9.17) is 10.2 Å². The fourth-order valence-corrected chi connectivity index (χ4v) is 3.11. The minimum atomic E-state index is -0.714. The van der Waals surface area contributed by atoms with Gasteiger partial charge in [-0.15, -0.1) is 0 Å². The largest absolute Gasteiger partial charge is 0.459 e. The monoisotopic (exact) mass is 396 g/mol. The molecule has 1 aromatic carbocycles. The molecule has 0 radical (unpaired) electrons. The molecular weight excluding hydrogens is 372 g/mol. The highest BCUT2D eigenvalue weighted by atomic mass is 16.3. The molecule has 0 spiro atoms. The molecule has 3 aromatic rings. The number of aromatic amines is 1. The summed E-state index contributed by atoms with van der Waals surface area (Å²) in [6, 6.07) is 10.9. The van der Waals surface area contributed by atoms with E-state index in [1.165, 1.54) is 15.7 Å². The Hall–Kier alpha value is -3.55. The average Bonchev–Trinajstić information content (AvgIpc) is 3.13. The van der Waals surface area contributed by atoms with Crippen molar-refractivity contribution < 1.29 is 9.21 Å². The summed E-state index contributed by atoms with van der Waals surface area (Å²) in [5, 5.41) is 0. The van der Waals surface area contributed by atoms with E-state index in [1.54, 1.807) is 13.0 Å². The number of hydrogen-bond donors (Lipinski definition) is 2. The summed E-state index contributed by atoms with van der Waals surface area (Å²) in [7, 11) is 0. The van der Waals surface area contributed by atoms with Crippen LogP contribution >= 0.6 is 0 Å². The number of hydrogen-bond acceptors (Lipinski definition) is 5. The van der Waals surface area contributed by atoms with Crippen LogP contribution in [0.5, 0.6) is 0 Å². The van der Waals surface area contributed by atoms with Crippen molar-refractivity contribution in [3.63, 3.8) is 0 Å². The van der Waals surface area contributed by atoms with Gasteiger partial charge < -0.3 is 10.2 Å². The number of benzene rings is 1. The lowest BCUT2D eigenvalue weighted by Crippen LogP contribution is -2.41. The molecule has 29 heavy (non-hydrogen) atoms. The third kappa shape index (κ3) is 4.16. The number of furan rings is 1. The quantitative estimate of drug-likeness (QED) is 0.637. The molecule has 3 rings (SSSR count). The summed E-state index contributed by atoms with van der Waals surface area (Å²) >= 11 is 0. The number of carbonyl (C=O) groups excluding carboxylic acids is 1. The number of anilines is 2. The SMILES string of the molecule is CCCCn1c(N)c(N(Cc2ccccc2)C(=O)c2occc2C)c(=O)[nH]c1=O. The van der Waals surface area contributed by atoms with Crippen molar-refractivity contribution in [1.29, 1.82) is 0 Å². The predicted molar refractivity (Wildman–Crippen MR) is 111 cm³/mol. The van der Waals surface area contributed by atoms with E-state index in [1.807, 2.05) is 37.3 Å². The summed E-state index contributed by atoms with van der Waals surface area (Å²) in [6.45, 7) is 4.17. The number of rotatable bonds is 7. The van der Waals surface area contributed by atoms with Crippen LogP contribution in [0.1, 0.15) is 41.4 Å². The Bertz CT molecular complexity index is 1110. The summed E-state index contributed by atoms with van der Waals surface area (Å²) in [5.41, 5.74) is 6.30. The van der Waals surface area contributed by atoms with Crippen molar-refractivity contribution in [3.8, 4) is 0 Å². The van der Waals surface area contributed by atoms with Gasteiger partial charge in [-0.25, -0.2) is 4.79 Å². The standard InChI is InChI=1S/C21H24N4O4/c1-3-4-11-24-18(22)16(19(26)23-21(24)28)25(13-15-8-6-5-7-9-15)20(27)17-14(2)10-12-29-17/h5-10,12H,3-4,11,13,22H2,1-2H3,(H,23,26,28). The molecule has 0 bridgehead atoms. The second-order valence-electron chi connectivity index (χ2n) is 6.81. The molecule has 8 heteroatoms. The average molecular weight is 396 g/mol. The van der Waals surface area contributed by atoms with Gasteiger partial charge in [0, 0.05) is 12.1 Å². The van der Waals surface area contributed by atoms with Crippen LogP contribution in [0.3, 0.4) is 0 Å². The highest BCUT2D eigenvalue weighted by Crippen LogP contribution is 2.23. The van der Waals surface area contributed by atoms with Crippen molar-refractivity contribution in [2.75, 3.05) is 10.6 Å². The first-order valence-corrected chi connectivity index (χ1v) is 9.46. The number of nitrogen functional groups attached to an aromatic ring is 1. The molecule has 1 amide bonds. The number of H-pyrrole nitrogens is 1. The van der Waals surface area contributed by atoms with Gasteiger partial charge in [0.1, 0.15) is 5.82 Å². The van der Waals surface area contributed by atoms with Gasteiger partial charge in [-0.3, -0.25) is 24.0 Å². The number of nitrogens with two attached hydrogens (primary N) is 1. The number of nitrogens with one attached hydrogen (secondary N) is 1. The Labute approximate surface area is 167 Å². The van der Waals surface area contributed by atoms with Crippen LogP contribution in [0.25, 0.3) is 0 Å².